The van der Waals surface area contributed by atoms with E-state index in [0.29, 0.717) is 10.0 Å². The smallest absolute Gasteiger partial charge is 0.246 e. The Kier molecular flexibility index (Phi) is 4.07. The molecule has 2 atom stereocenters. The van der Waals surface area contributed by atoms with E-state index in [4.69, 9.17) is 22.3 Å². The average Bonchev–Trinajstić information content (AvgIpc) is 2.75. The number of aliphatic hydroxyl groups excluding tert-OH is 1. The lowest BCUT2D eigenvalue weighted by Gasteiger charge is -2.07. The molecule has 1 rings (SSSR count). The number of nitrogens with zero attached hydrogens (tertiary/aromatic N) is 2. The lowest BCUT2D eigenvalue weighted by molar-refractivity contribution is -0.114. The number of primary amides is 1. The highest BCUT2D eigenvalue weighted by molar-refractivity contribution is 7.11. The first-order valence-electron chi connectivity index (χ1n) is 4.41. The van der Waals surface area contributed by atoms with E-state index in [1.807, 2.05) is 0 Å². The maximum absolute atomic E-state index is 10.8. The Morgan fingerprint density at radius 2 is 2.00 bits per heavy atom. The van der Waals surface area contributed by atoms with E-state index in [2.05, 4.69) is 16.8 Å². The van der Waals surface area contributed by atoms with Crippen molar-refractivity contribution in [2.75, 3.05) is 6.61 Å². The molecule has 2 unspecified atom stereocenters. The molecule has 0 aliphatic heterocycles. The largest absolute Gasteiger partial charge is 0.394 e. The summed E-state index contributed by atoms with van der Waals surface area (Å²) in [6.45, 7) is 3.23. The summed E-state index contributed by atoms with van der Waals surface area (Å²) in [7, 11) is 0. The van der Waals surface area contributed by atoms with Gasteiger partial charge in [0.15, 0.2) is 0 Å². The topological polar surface area (TPSA) is 141 Å². The van der Waals surface area contributed by atoms with Crippen LogP contribution >= 0.6 is 11.3 Å². The van der Waals surface area contributed by atoms with Crippen LogP contribution in [0.2, 0.25) is 0 Å². The van der Waals surface area contributed by atoms with Gasteiger partial charge in [-0.1, -0.05) is 17.9 Å². The average molecular weight is 243 g/mol. The molecule has 16 heavy (non-hydrogen) atoms. The molecule has 1 aromatic rings. The van der Waals surface area contributed by atoms with Crippen molar-refractivity contribution >= 4 is 17.2 Å². The van der Waals surface area contributed by atoms with Crippen LogP contribution in [0, 0.1) is 0 Å². The summed E-state index contributed by atoms with van der Waals surface area (Å²) in [5, 5.41) is 17.2. The Labute approximate surface area is 96.0 Å². The predicted octanol–water partition coefficient (Wildman–Crippen LogP) is -1.43. The molecule has 0 aliphatic rings. The summed E-state index contributed by atoms with van der Waals surface area (Å²) in [6, 6.07) is -1.38. The first-order chi connectivity index (χ1) is 7.47. The lowest BCUT2D eigenvalue weighted by atomic mass is 10.1. The molecule has 7 nitrogen and oxygen atoms in total. The minimum atomic E-state index is -0.783. The molecule has 1 aromatic heterocycles. The van der Waals surface area contributed by atoms with Crippen molar-refractivity contribution in [1.82, 2.24) is 10.2 Å². The zero-order chi connectivity index (χ0) is 12.3. The first kappa shape index (κ1) is 12.7. The fourth-order valence-corrected chi connectivity index (χ4v) is 1.78. The fraction of sp³-hybridized carbons (Fsp3) is 0.375. The Morgan fingerprint density at radius 1 is 1.44 bits per heavy atom. The van der Waals surface area contributed by atoms with Crippen LogP contribution in [0.4, 0.5) is 0 Å². The molecule has 1 heterocycles. The highest BCUT2D eigenvalue weighted by Gasteiger charge is 2.20. The highest BCUT2D eigenvalue weighted by Crippen LogP contribution is 2.23. The maximum atomic E-state index is 10.8. The van der Waals surface area contributed by atoms with Gasteiger partial charge in [-0.2, -0.15) is 0 Å². The molecule has 0 saturated carbocycles. The van der Waals surface area contributed by atoms with Gasteiger partial charge in [-0.25, -0.2) is 0 Å². The van der Waals surface area contributed by atoms with Gasteiger partial charge in [0.05, 0.1) is 18.7 Å². The number of amides is 1. The van der Waals surface area contributed by atoms with Crippen molar-refractivity contribution in [2.24, 2.45) is 17.2 Å². The monoisotopic (exact) mass is 243 g/mol. The molecule has 8 heteroatoms. The molecule has 0 aromatic carbocycles. The van der Waals surface area contributed by atoms with Crippen LogP contribution < -0.4 is 17.2 Å². The number of carbonyl (C=O) groups is 1. The van der Waals surface area contributed by atoms with Gasteiger partial charge in [0.1, 0.15) is 10.0 Å². The predicted molar refractivity (Wildman–Crippen MR) is 59.2 cm³/mol. The quantitative estimate of drug-likeness (QED) is 0.467. The number of nitrogens with two attached hydrogens (primary N) is 3. The van der Waals surface area contributed by atoms with Gasteiger partial charge in [-0.05, 0) is 0 Å². The second-order valence-corrected chi connectivity index (χ2v) is 4.18. The maximum Gasteiger partial charge on any atom is 0.246 e. The fourth-order valence-electron chi connectivity index (χ4n) is 0.902. The van der Waals surface area contributed by atoms with Gasteiger partial charge < -0.3 is 22.3 Å². The van der Waals surface area contributed by atoms with E-state index in [0.717, 1.165) is 11.3 Å². The first-order valence-corrected chi connectivity index (χ1v) is 5.23. The van der Waals surface area contributed by atoms with E-state index >= 15 is 0 Å². The van der Waals surface area contributed by atoms with Gasteiger partial charge in [-0.3, -0.25) is 4.79 Å². The summed E-state index contributed by atoms with van der Waals surface area (Å²) in [4.78, 5) is 10.8. The van der Waals surface area contributed by atoms with Crippen LogP contribution in [-0.2, 0) is 4.79 Å². The molecular weight excluding hydrogens is 230 g/mol. The van der Waals surface area contributed by atoms with Gasteiger partial charge in [0, 0.05) is 5.57 Å². The molecule has 1 amide bonds. The zero-order valence-electron chi connectivity index (χ0n) is 8.46. The van der Waals surface area contributed by atoms with Gasteiger partial charge in [0.25, 0.3) is 0 Å². The highest BCUT2D eigenvalue weighted by atomic mass is 32.1. The van der Waals surface area contributed by atoms with E-state index in [1.165, 1.54) is 0 Å². The number of carbonyl (C=O) groups excluding carboxylic acids is 1. The number of hydrogen-bond donors (Lipinski definition) is 4. The third-order valence-electron chi connectivity index (χ3n) is 1.93. The third-order valence-corrected chi connectivity index (χ3v) is 3.07. The second-order valence-electron chi connectivity index (χ2n) is 3.13. The minimum absolute atomic E-state index is 0.0558. The summed E-state index contributed by atoms with van der Waals surface area (Å²) < 4.78 is 0. The van der Waals surface area contributed by atoms with Crippen LogP contribution in [0.25, 0.3) is 0 Å². The van der Waals surface area contributed by atoms with Crippen LogP contribution in [0.5, 0.6) is 0 Å². The van der Waals surface area contributed by atoms with Crippen molar-refractivity contribution in [3.05, 3.63) is 22.2 Å². The van der Waals surface area contributed by atoms with Crippen molar-refractivity contribution in [2.45, 2.75) is 12.1 Å². The van der Waals surface area contributed by atoms with Crippen molar-refractivity contribution < 1.29 is 9.90 Å². The molecular formula is C8H13N5O2S. The zero-order valence-corrected chi connectivity index (χ0v) is 9.28. The van der Waals surface area contributed by atoms with E-state index in [1.54, 1.807) is 0 Å². The second kappa shape index (κ2) is 5.12. The summed E-state index contributed by atoms with van der Waals surface area (Å²) >= 11 is 1.12. The van der Waals surface area contributed by atoms with Crippen LogP contribution in [0.3, 0.4) is 0 Å². The summed E-state index contributed by atoms with van der Waals surface area (Å²) in [5.74, 6) is -0.685. The minimum Gasteiger partial charge on any atom is -0.394 e. The van der Waals surface area contributed by atoms with Crippen molar-refractivity contribution in [1.29, 1.82) is 0 Å². The van der Waals surface area contributed by atoms with Crippen LogP contribution in [0.15, 0.2) is 12.2 Å². The van der Waals surface area contributed by atoms with E-state index in [9.17, 15) is 4.79 Å². The Hall–Kier alpha value is -1.35. The van der Waals surface area contributed by atoms with Crippen molar-refractivity contribution in [3.63, 3.8) is 0 Å². The molecule has 7 N–H and O–H groups in total. The van der Waals surface area contributed by atoms with Crippen LogP contribution in [-0.4, -0.2) is 27.8 Å². The Balaban J connectivity index is 2.85. The lowest BCUT2D eigenvalue weighted by Crippen LogP contribution is -2.23. The number of aromatic nitrogens is 2. The molecule has 0 bridgehead atoms. The van der Waals surface area contributed by atoms with Gasteiger partial charge in [0.2, 0.25) is 5.91 Å². The summed E-state index contributed by atoms with van der Waals surface area (Å²) in [5.41, 5.74) is 16.3. The SMILES string of the molecule is C=C(C(N)=O)C(N)c1nnc(C(N)CO)s1. The molecule has 0 radical (unpaired) electrons. The van der Waals surface area contributed by atoms with E-state index < -0.39 is 18.0 Å². The number of aliphatic hydroxyl groups is 1. The number of rotatable bonds is 5. The molecule has 0 fully saturated rings. The Morgan fingerprint density at radius 3 is 2.50 bits per heavy atom. The van der Waals surface area contributed by atoms with Crippen LogP contribution in [0.1, 0.15) is 22.1 Å². The molecule has 0 saturated heterocycles. The molecule has 0 aliphatic carbocycles. The van der Waals surface area contributed by atoms with Gasteiger partial charge >= 0.3 is 0 Å². The van der Waals surface area contributed by atoms with Gasteiger partial charge in [-0.15, -0.1) is 10.2 Å². The molecule has 0 spiro atoms. The standard InChI is InChI=1S/C8H13N5O2S/c1-3(6(11)15)5(10)8-13-12-7(16-8)4(9)2-14/h4-5,14H,1-2,9-10H2,(H2,11,15). The number of hydrogen-bond acceptors (Lipinski definition) is 7. The molecule has 88 valence electrons. The third kappa shape index (κ3) is 2.61. The van der Waals surface area contributed by atoms with Crippen molar-refractivity contribution in [3.8, 4) is 0 Å². The summed E-state index contributed by atoms with van der Waals surface area (Å²) in [6.07, 6.45) is 0. The Bertz CT molecular complexity index is 405. The van der Waals surface area contributed by atoms with E-state index in [-0.39, 0.29) is 12.2 Å². The normalized spacial score (nSPS) is 14.4.